The third-order valence-corrected chi connectivity index (χ3v) is 2.68. The lowest BCUT2D eigenvalue weighted by Gasteiger charge is -2.13. The predicted molar refractivity (Wildman–Crippen MR) is 47.7 cm³/mol. The smallest absolute Gasteiger partial charge is 0.305 e. The molecular formula is C10H16O2. The number of hydrogen-bond acceptors (Lipinski definition) is 2. The molecule has 0 amide bonds. The molecule has 2 heteroatoms. The summed E-state index contributed by atoms with van der Waals surface area (Å²) in [4.78, 5) is 11.0. The van der Waals surface area contributed by atoms with Crippen molar-refractivity contribution in [1.82, 2.24) is 0 Å². The third-order valence-electron chi connectivity index (χ3n) is 2.68. The molecule has 2 unspecified atom stereocenters. The fraction of sp³-hybridized carbons (Fsp3) is 0.700. The summed E-state index contributed by atoms with van der Waals surface area (Å²) in [5, 5.41) is 0. The zero-order valence-corrected chi connectivity index (χ0v) is 7.58. The van der Waals surface area contributed by atoms with Gasteiger partial charge in [-0.25, -0.2) is 0 Å². The van der Waals surface area contributed by atoms with Crippen molar-refractivity contribution in [2.75, 3.05) is 7.11 Å². The summed E-state index contributed by atoms with van der Waals surface area (Å²) in [7, 11) is 1.44. The average molecular weight is 168 g/mol. The molecule has 2 nitrogen and oxygen atoms in total. The number of allylic oxidation sites excluding steroid dienone is 1. The topological polar surface area (TPSA) is 26.3 Å². The minimum atomic E-state index is -0.0891. The molecule has 0 aromatic rings. The molecule has 1 saturated carbocycles. The number of rotatable bonds is 3. The maximum atomic E-state index is 11.0. The van der Waals surface area contributed by atoms with Crippen LogP contribution in [0.3, 0.4) is 0 Å². The largest absolute Gasteiger partial charge is 0.469 e. The first-order chi connectivity index (χ1) is 5.77. The monoisotopic (exact) mass is 168 g/mol. The van der Waals surface area contributed by atoms with Crippen molar-refractivity contribution in [3.63, 3.8) is 0 Å². The Labute approximate surface area is 73.6 Å². The second-order valence-electron chi connectivity index (χ2n) is 3.37. The molecule has 0 aromatic heterocycles. The summed E-state index contributed by atoms with van der Waals surface area (Å²) in [6.45, 7) is 3.77. The van der Waals surface area contributed by atoms with Gasteiger partial charge >= 0.3 is 5.97 Å². The van der Waals surface area contributed by atoms with E-state index in [2.05, 4.69) is 11.3 Å². The van der Waals surface area contributed by atoms with Crippen molar-refractivity contribution in [1.29, 1.82) is 0 Å². The Morgan fingerprint density at radius 1 is 1.67 bits per heavy atom. The molecule has 1 fully saturated rings. The lowest BCUT2D eigenvalue weighted by molar-refractivity contribution is -0.141. The lowest BCUT2D eigenvalue weighted by atomic mass is 9.93. The molecule has 0 aromatic carbocycles. The van der Waals surface area contributed by atoms with Crippen LogP contribution in [0.1, 0.15) is 25.7 Å². The van der Waals surface area contributed by atoms with Gasteiger partial charge in [-0.1, -0.05) is 12.5 Å². The number of hydrogen-bond donors (Lipinski definition) is 0. The van der Waals surface area contributed by atoms with Crippen LogP contribution >= 0.6 is 0 Å². The number of carbonyl (C=O) groups is 1. The Kier molecular flexibility index (Phi) is 3.32. The summed E-state index contributed by atoms with van der Waals surface area (Å²) in [5.74, 6) is 0.924. The van der Waals surface area contributed by atoms with E-state index < -0.39 is 0 Å². The molecule has 68 valence electrons. The maximum absolute atomic E-state index is 11.0. The van der Waals surface area contributed by atoms with E-state index in [1.807, 2.05) is 6.08 Å². The van der Waals surface area contributed by atoms with Gasteiger partial charge in [0.05, 0.1) is 7.11 Å². The van der Waals surface area contributed by atoms with E-state index in [1.54, 1.807) is 0 Å². The Bertz CT molecular complexity index is 175. The standard InChI is InChI=1S/C10H16O2/c1-3-8-5-4-6-9(8)7-10(11)12-2/h3,8-9H,1,4-7H2,2H3. The summed E-state index contributed by atoms with van der Waals surface area (Å²) in [6.07, 6.45) is 6.09. The first-order valence-electron chi connectivity index (χ1n) is 4.47. The van der Waals surface area contributed by atoms with Crippen LogP contribution in [-0.2, 0) is 9.53 Å². The Balaban J connectivity index is 2.40. The van der Waals surface area contributed by atoms with Gasteiger partial charge in [0.15, 0.2) is 0 Å². The van der Waals surface area contributed by atoms with E-state index in [0.29, 0.717) is 18.3 Å². The average Bonchev–Trinajstić information content (AvgIpc) is 2.51. The van der Waals surface area contributed by atoms with E-state index in [9.17, 15) is 4.79 Å². The Morgan fingerprint density at radius 2 is 2.42 bits per heavy atom. The van der Waals surface area contributed by atoms with Gasteiger partial charge in [-0.2, -0.15) is 0 Å². The Hall–Kier alpha value is -0.790. The summed E-state index contributed by atoms with van der Waals surface area (Å²) < 4.78 is 4.63. The molecule has 0 aliphatic heterocycles. The minimum absolute atomic E-state index is 0.0891. The van der Waals surface area contributed by atoms with Gasteiger partial charge < -0.3 is 4.74 Å². The van der Waals surface area contributed by atoms with E-state index in [0.717, 1.165) is 6.42 Å². The molecule has 1 rings (SSSR count). The lowest BCUT2D eigenvalue weighted by Crippen LogP contribution is -2.12. The highest BCUT2D eigenvalue weighted by atomic mass is 16.5. The van der Waals surface area contributed by atoms with Crippen LogP contribution in [0, 0.1) is 11.8 Å². The van der Waals surface area contributed by atoms with E-state index in [-0.39, 0.29) is 5.97 Å². The van der Waals surface area contributed by atoms with Crippen LogP contribution in [0.4, 0.5) is 0 Å². The summed E-state index contributed by atoms with van der Waals surface area (Å²) in [5.41, 5.74) is 0. The highest BCUT2D eigenvalue weighted by Gasteiger charge is 2.26. The van der Waals surface area contributed by atoms with Gasteiger partial charge in [0.25, 0.3) is 0 Å². The van der Waals surface area contributed by atoms with E-state index in [4.69, 9.17) is 0 Å². The van der Waals surface area contributed by atoms with E-state index >= 15 is 0 Å². The third kappa shape index (κ3) is 2.10. The number of methoxy groups -OCH3 is 1. The van der Waals surface area contributed by atoms with Crippen LogP contribution in [0.15, 0.2) is 12.7 Å². The van der Waals surface area contributed by atoms with Crippen molar-refractivity contribution in [2.24, 2.45) is 11.8 Å². The van der Waals surface area contributed by atoms with Gasteiger partial charge in [0.2, 0.25) is 0 Å². The van der Waals surface area contributed by atoms with Crippen LogP contribution in [0.5, 0.6) is 0 Å². The maximum Gasteiger partial charge on any atom is 0.305 e. The first kappa shape index (κ1) is 9.30. The SMILES string of the molecule is C=CC1CCCC1CC(=O)OC. The molecule has 1 aliphatic rings. The molecule has 0 radical (unpaired) electrons. The molecule has 0 bridgehead atoms. The summed E-state index contributed by atoms with van der Waals surface area (Å²) in [6, 6.07) is 0. The number of carbonyl (C=O) groups excluding carboxylic acids is 1. The molecular weight excluding hydrogens is 152 g/mol. The molecule has 2 atom stereocenters. The first-order valence-corrected chi connectivity index (χ1v) is 4.47. The predicted octanol–water partition coefficient (Wildman–Crippen LogP) is 2.15. The fourth-order valence-corrected chi connectivity index (χ4v) is 1.93. The van der Waals surface area contributed by atoms with Crippen molar-refractivity contribution in [3.8, 4) is 0 Å². The fourth-order valence-electron chi connectivity index (χ4n) is 1.93. The van der Waals surface area contributed by atoms with Crippen molar-refractivity contribution in [3.05, 3.63) is 12.7 Å². The molecule has 1 aliphatic carbocycles. The van der Waals surface area contributed by atoms with Crippen LogP contribution in [-0.4, -0.2) is 13.1 Å². The van der Waals surface area contributed by atoms with Crippen molar-refractivity contribution in [2.45, 2.75) is 25.7 Å². The normalized spacial score (nSPS) is 28.4. The zero-order chi connectivity index (χ0) is 8.97. The van der Waals surface area contributed by atoms with Crippen molar-refractivity contribution < 1.29 is 9.53 Å². The second kappa shape index (κ2) is 4.29. The zero-order valence-electron chi connectivity index (χ0n) is 7.58. The highest BCUT2D eigenvalue weighted by molar-refractivity contribution is 5.69. The van der Waals surface area contributed by atoms with Gasteiger partial charge in [-0.3, -0.25) is 4.79 Å². The number of ether oxygens (including phenoxy) is 1. The molecule has 0 spiro atoms. The Morgan fingerprint density at radius 3 is 3.00 bits per heavy atom. The van der Waals surface area contributed by atoms with Gasteiger partial charge in [-0.15, -0.1) is 6.58 Å². The van der Waals surface area contributed by atoms with Crippen LogP contribution < -0.4 is 0 Å². The number of esters is 1. The second-order valence-corrected chi connectivity index (χ2v) is 3.37. The summed E-state index contributed by atoms with van der Waals surface area (Å²) >= 11 is 0. The van der Waals surface area contributed by atoms with Crippen molar-refractivity contribution >= 4 is 5.97 Å². The van der Waals surface area contributed by atoms with Crippen LogP contribution in [0.25, 0.3) is 0 Å². The quantitative estimate of drug-likeness (QED) is 0.477. The molecule has 0 heterocycles. The van der Waals surface area contributed by atoms with Crippen LogP contribution in [0.2, 0.25) is 0 Å². The van der Waals surface area contributed by atoms with Gasteiger partial charge in [0, 0.05) is 6.42 Å². The van der Waals surface area contributed by atoms with E-state index in [1.165, 1.54) is 20.0 Å². The molecule has 0 N–H and O–H groups in total. The molecule has 0 saturated heterocycles. The molecule has 12 heavy (non-hydrogen) atoms. The van der Waals surface area contributed by atoms with Gasteiger partial charge in [-0.05, 0) is 24.7 Å². The minimum Gasteiger partial charge on any atom is -0.469 e. The highest BCUT2D eigenvalue weighted by Crippen LogP contribution is 2.34. The van der Waals surface area contributed by atoms with Gasteiger partial charge in [0.1, 0.15) is 0 Å².